The van der Waals surface area contributed by atoms with E-state index in [2.05, 4.69) is 15.1 Å². The lowest BCUT2D eigenvalue weighted by Gasteiger charge is -2.42. The highest BCUT2D eigenvalue weighted by Gasteiger charge is 2.35. The fraction of sp³-hybridized carbons (Fsp3) is 0.333. The fourth-order valence-electron chi connectivity index (χ4n) is 6.12. The highest BCUT2D eigenvalue weighted by atomic mass is 16.5. The minimum Gasteiger partial charge on any atom is -0.493 e. The first-order valence-corrected chi connectivity index (χ1v) is 13.2. The molecule has 9 nitrogen and oxygen atoms in total. The van der Waals surface area contributed by atoms with Crippen LogP contribution in [0.5, 0.6) is 11.6 Å². The third-order valence-electron chi connectivity index (χ3n) is 7.82. The first kappa shape index (κ1) is 25.1. The molecule has 0 radical (unpaired) electrons. The quantitative estimate of drug-likeness (QED) is 0.361. The van der Waals surface area contributed by atoms with E-state index in [1.165, 1.54) is 0 Å². The van der Waals surface area contributed by atoms with Gasteiger partial charge in [-0.15, -0.1) is 10.2 Å². The molecule has 2 aliphatic rings. The number of pyridine rings is 1. The maximum Gasteiger partial charge on any atom is 0.302 e. The van der Waals surface area contributed by atoms with E-state index in [0.717, 1.165) is 47.2 Å². The minimum absolute atomic E-state index is 0.0317. The normalized spacial score (nSPS) is 18.9. The van der Waals surface area contributed by atoms with Crippen LogP contribution < -0.4 is 10.3 Å². The first-order chi connectivity index (χ1) is 18.9. The van der Waals surface area contributed by atoms with Gasteiger partial charge >= 0.3 is 5.91 Å². The van der Waals surface area contributed by atoms with Gasteiger partial charge in [-0.1, -0.05) is 42.5 Å². The van der Waals surface area contributed by atoms with Gasteiger partial charge in [0.1, 0.15) is 5.75 Å². The number of aromatic nitrogens is 2. The summed E-state index contributed by atoms with van der Waals surface area (Å²) in [4.78, 5) is 27.2. The zero-order valence-electron chi connectivity index (χ0n) is 22.1. The van der Waals surface area contributed by atoms with Crippen LogP contribution in [0.4, 0.5) is 5.69 Å². The molecule has 1 fully saturated rings. The minimum atomic E-state index is -0.536. The van der Waals surface area contributed by atoms with Crippen LogP contribution in [-0.2, 0) is 18.0 Å². The number of para-hydroxylation sites is 2. The number of ether oxygens (including phenoxy) is 1. The lowest BCUT2D eigenvalue weighted by atomic mass is 9.83. The van der Waals surface area contributed by atoms with Crippen molar-refractivity contribution < 1.29 is 14.6 Å². The second-order valence-corrected chi connectivity index (χ2v) is 10.6. The lowest BCUT2D eigenvalue weighted by Crippen LogP contribution is -2.47. The van der Waals surface area contributed by atoms with E-state index in [9.17, 15) is 14.7 Å². The number of hydrogen-bond acceptors (Lipinski definition) is 6. The molecule has 1 saturated heterocycles. The molecule has 200 valence electrons. The fourth-order valence-corrected chi connectivity index (χ4v) is 6.12. The number of carbonyl (C=O) groups excluding carboxylic acids is 1. The SMILES string of the molecule is Cc1cccc(C)c1OCC(=O)N=Nc1c(O)n(CN2C[C@@H]3C[C@H](C2)c2cccc(=O)n2C3)c2ccccc12. The molecular formula is C30H31N5O4. The summed E-state index contributed by atoms with van der Waals surface area (Å²) in [6.07, 6.45) is 1.06. The number of hydrogen-bond donors (Lipinski definition) is 1. The Morgan fingerprint density at radius 2 is 1.77 bits per heavy atom. The molecule has 0 spiro atoms. The summed E-state index contributed by atoms with van der Waals surface area (Å²) in [6, 6.07) is 18.9. The van der Waals surface area contributed by atoms with Crippen molar-refractivity contribution in [2.75, 3.05) is 19.7 Å². The second kappa shape index (κ2) is 10.1. The Morgan fingerprint density at radius 1 is 1.00 bits per heavy atom. The molecule has 2 atom stereocenters. The van der Waals surface area contributed by atoms with Crippen LogP contribution in [-0.4, -0.2) is 44.7 Å². The predicted octanol–water partition coefficient (Wildman–Crippen LogP) is 4.89. The van der Waals surface area contributed by atoms with E-state index in [-0.39, 0.29) is 29.7 Å². The Hall–Kier alpha value is -4.24. The van der Waals surface area contributed by atoms with Crippen LogP contribution in [0, 0.1) is 19.8 Å². The topological polar surface area (TPSA) is 101 Å². The number of aromatic hydroxyl groups is 1. The van der Waals surface area contributed by atoms with Gasteiger partial charge in [0.25, 0.3) is 5.56 Å². The van der Waals surface area contributed by atoms with E-state index >= 15 is 0 Å². The Morgan fingerprint density at radius 3 is 2.59 bits per heavy atom. The molecule has 0 aliphatic carbocycles. The van der Waals surface area contributed by atoms with Gasteiger partial charge in [-0.2, -0.15) is 0 Å². The maximum absolute atomic E-state index is 12.5. The number of likely N-dealkylation sites (tertiary alicyclic amines) is 1. The number of nitrogens with zero attached hydrogens (tertiary/aromatic N) is 5. The van der Waals surface area contributed by atoms with Crippen LogP contribution in [0.25, 0.3) is 10.9 Å². The number of piperidine rings is 1. The highest BCUT2D eigenvalue weighted by molar-refractivity contribution is 5.95. The molecule has 1 amide bonds. The number of carbonyl (C=O) groups is 1. The van der Waals surface area contributed by atoms with E-state index < -0.39 is 5.91 Å². The van der Waals surface area contributed by atoms with Crippen LogP contribution in [0.15, 0.2) is 75.7 Å². The number of azo groups is 1. The van der Waals surface area contributed by atoms with Crippen molar-refractivity contribution in [3.63, 3.8) is 0 Å². The molecule has 2 aromatic heterocycles. The van der Waals surface area contributed by atoms with Crippen molar-refractivity contribution >= 4 is 22.5 Å². The molecular weight excluding hydrogens is 494 g/mol. The van der Waals surface area contributed by atoms with Gasteiger partial charge in [0.2, 0.25) is 5.88 Å². The maximum atomic E-state index is 12.5. The van der Waals surface area contributed by atoms with Gasteiger partial charge in [0.15, 0.2) is 12.3 Å². The van der Waals surface area contributed by atoms with Gasteiger partial charge in [-0.05, 0) is 49.4 Å². The lowest BCUT2D eigenvalue weighted by molar-refractivity contribution is -0.120. The average molecular weight is 526 g/mol. The molecule has 0 unspecified atom stereocenters. The van der Waals surface area contributed by atoms with Gasteiger partial charge in [0, 0.05) is 42.7 Å². The second-order valence-electron chi connectivity index (χ2n) is 10.6. The summed E-state index contributed by atoms with van der Waals surface area (Å²) >= 11 is 0. The number of fused-ring (bicyclic) bond motifs is 5. The molecule has 2 aromatic carbocycles. The number of rotatable bonds is 6. The van der Waals surface area contributed by atoms with Gasteiger partial charge in [0.05, 0.1) is 12.2 Å². The summed E-state index contributed by atoms with van der Waals surface area (Å²) < 4.78 is 9.45. The van der Waals surface area contributed by atoms with Crippen molar-refractivity contribution in [1.29, 1.82) is 0 Å². The first-order valence-electron chi connectivity index (χ1n) is 13.2. The molecule has 4 aromatic rings. The van der Waals surface area contributed by atoms with Gasteiger partial charge < -0.3 is 14.4 Å². The molecule has 6 rings (SSSR count). The number of amides is 1. The van der Waals surface area contributed by atoms with E-state index in [1.807, 2.05) is 77.6 Å². The number of benzene rings is 2. The van der Waals surface area contributed by atoms with Crippen molar-refractivity contribution in [3.05, 3.63) is 87.8 Å². The zero-order valence-corrected chi connectivity index (χ0v) is 22.1. The monoisotopic (exact) mass is 525 g/mol. The molecule has 1 N–H and O–H groups in total. The Kier molecular flexibility index (Phi) is 6.52. The molecule has 2 bridgehead atoms. The van der Waals surface area contributed by atoms with Crippen LogP contribution in [0.3, 0.4) is 0 Å². The Bertz CT molecular complexity index is 1630. The van der Waals surface area contributed by atoms with E-state index in [0.29, 0.717) is 24.9 Å². The third kappa shape index (κ3) is 4.74. The summed E-state index contributed by atoms with van der Waals surface area (Å²) in [6.45, 7) is 6.41. The smallest absolute Gasteiger partial charge is 0.302 e. The zero-order chi connectivity index (χ0) is 27.1. The van der Waals surface area contributed by atoms with Crippen LogP contribution in [0.2, 0.25) is 0 Å². The summed E-state index contributed by atoms with van der Waals surface area (Å²) in [5.41, 5.74) is 4.11. The molecule has 9 heteroatoms. The summed E-state index contributed by atoms with van der Waals surface area (Å²) in [5.74, 6) is 0.736. The van der Waals surface area contributed by atoms with Gasteiger partial charge in [-0.3, -0.25) is 19.1 Å². The van der Waals surface area contributed by atoms with E-state index in [4.69, 9.17) is 4.74 Å². The molecule has 39 heavy (non-hydrogen) atoms. The van der Waals surface area contributed by atoms with Crippen molar-refractivity contribution in [2.45, 2.75) is 39.4 Å². The Labute approximate surface area is 226 Å². The highest BCUT2D eigenvalue weighted by Crippen LogP contribution is 2.40. The van der Waals surface area contributed by atoms with E-state index in [1.54, 1.807) is 6.07 Å². The van der Waals surface area contributed by atoms with Gasteiger partial charge in [-0.25, -0.2) is 0 Å². The molecule has 2 aliphatic heterocycles. The standard InChI is InChI=1S/C30H31N5O4/c1-19-7-5-8-20(2)29(19)39-17-26(36)31-32-28-23-9-3-4-10-25(23)35(30(28)38)18-33-14-21-13-22(16-33)24-11-6-12-27(37)34(24)15-21/h3-12,21-22,38H,13-18H2,1-2H3/t21-,22+/m0/s1. The predicted molar refractivity (Wildman–Crippen MR) is 148 cm³/mol. The van der Waals surface area contributed by atoms with Crippen LogP contribution in [0.1, 0.15) is 29.2 Å². The van der Waals surface area contributed by atoms with Crippen molar-refractivity contribution in [1.82, 2.24) is 14.0 Å². The average Bonchev–Trinajstić information content (AvgIpc) is 3.18. The van der Waals surface area contributed by atoms with Crippen molar-refractivity contribution in [3.8, 4) is 11.6 Å². The molecule has 0 saturated carbocycles. The van der Waals surface area contributed by atoms with Crippen molar-refractivity contribution in [2.24, 2.45) is 16.1 Å². The van der Waals surface area contributed by atoms with Crippen LogP contribution >= 0.6 is 0 Å². The molecule has 4 heterocycles. The largest absolute Gasteiger partial charge is 0.493 e. The summed E-state index contributed by atoms with van der Waals surface area (Å²) in [5, 5.41) is 20.0. The Balaban J connectivity index is 1.22. The summed E-state index contributed by atoms with van der Waals surface area (Å²) in [7, 11) is 0. The third-order valence-corrected chi connectivity index (χ3v) is 7.82. The number of aryl methyl sites for hydroxylation is 2.